The molecule has 140 valence electrons. The molecule has 0 saturated heterocycles. The van der Waals surface area contributed by atoms with E-state index >= 15 is 0 Å². The summed E-state index contributed by atoms with van der Waals surface area (Å²) in [6.45, 7) is 0.208. The van der Waals surface area contributed by atoms with Crippen LogP contribution in [0, 0.1) is 10.1 Å². The highest BCUT2D eigenvalue weighted by Gasteiger charge is 2.20. The Labute approximate surface area is 155 Å². The number of non-ortho nitro benzene ring substituents is 1. The number of nitro groups is 1. The summed E-state index contributed by atoms with van der Waals surface area (Å²) in [7, 11) is 3.13. The summed E-state index contributed by atoms with van der Waals surface area (Å²) >= 11 is 0. The highest BCUT2D eigenvalue weighted by atomic mass is 16.6. The molecule has 8 nitrogen and oxygen atoms in total. The number of methoxy groups -OCH3 is 2. The first-order valence-electron chi connectivity index (χ1n) is 8.11. The van der Waals surface area contributed by atoms with Gasteiger partial charge in [-0.05, 0) is 41.5 Å². The Morgan fingerprint density at radius 1 is 1.15 bits per heavy atom. The van der Waals surface area contributed by atoms with Crippen molar-refractivity contribution >= 4 is 17.7 Å². The van der Waals surface area contributed by atoms with Gasteiger partial charge in [-0.2, -0.15) is 0 Å². The molecule has 0 spiro atoms. The van der Waals surface area contributed by atoms with Crippen molar-refractivity contribution in [2.24, 2.45) is 0 Å². The first kappa shape index (κ1) is 18.2. The Morgan fingerprint density at radius 3 is 2.44 bits per heavy atom. The lowest BCUT2D eigenvalue weighted by atomic mass is 10.0. The van der Waals surface area contributed by atoms with Crippen LogP contribution >= 0.6 is 0 Å². The topological polar surface area (TPSA) is 91.1 Å². The van der Waals surface area contributed by atoms with E-state index in [1.807, 2.05) is 18.2 Å². The molecular formula is C19H18N2O6. The zero-order chi connectivity index (χ0) is 19.4. The zero-order valence-corrected chi connectivity index (χ0v) is 14.9. The smallest absolute Gasteiger partial charge is 0.269 e. The van der Waals surface area contributed by atoms with Crippen LogP contribution in [0.4, 0.5) is 5.69 Å². The Hall–Kier alpha value is -3.55. The van der Waals surface area contributed by atoms with Crippen LogP contribution in [0.2, 0.25) is 0 Å². The van der Waals surface area contributed by atoms with Gasteiger partial charge in [-0.1, -0.05) is 0 Å². The van der Waals surface area contributed by atoms with E-state index in [1.54, 1.807) is 25.3 Å². The van der Waals surface area contributed by atoms with Crippen LogP contribution in [0.25, 0.3) is 6.08 Å². The average Bonchev–Trinajstić information content (AvgIpc) is 2.70. The first-order chi connectivity index (χ1) is 13.0. The van der Waals surface area contributed by atoms with Crippen molar-refractivity contribution in [1.82, 2.24) is 4.90 Å². The standard InChI is InChI=1S/C19H18N2O6/c1-25-17-9-13-7-8-20(11-14(13)10-18(17)26-2)19(22)12-27-16-5-3-15(4-6-16)21(23)24/h3-10H,11-12H2,1-2H3. The van der Waals surface area contributed by atoms with Crippen molar-refractivity contribution in [2.45, 2.75) is 6.54 Å². The third-order valence-corrected chi connectivity index (χ3v) is 4.15. The number of amides is 1. The number of nitrogens with zero attached hydrogens (tertiary/aromatic N) is 2. The maximum Gasteiger partial charge on any atom is 0.269 e. The lowest BCUT2D eigenvalue weighted by Crippen LogP contribution is -2.31. The summed E-state index contributed by atoms with van der Waals surface area (Å²) in [4.78, 5) is 24.1. The summed E-state index contributed by atoms with van der Waals surface area (Å²) in [5, 5.41) is 10.7. The van der Waals surface area contributed by atoms with Crippen molar-refractivity contribution in [3.8, 4) is 17.2 Å². The van der Waals surface area contributed by atoms with E-state index in [9.17, 15) is 14.9 Å². The van der Waals surface area contributed by atoms with Crippen LogP contribution in [0.3, 0.4) is 0 Å². The lowest BCUT2D eigenvalue weighted by Gasteiger charge is -2.24. The van der Waals surface area contributed by atoms with E-state index < -0.39 is 4.92 Å². The molecule has 0 radical (unpaired) electrons. The van der Waals surface area contributed by atoms with Crippen molar-refractivity contribution < 1.29 is 23.9 Å². The number of rotatable bonds is 6. The fourth-order valence-corrected chi connectivity index (χ4v) is 2.70. The van der Waals surface area contributed by atoms with Gasteiger partial charge in [0.1, 0.15) is 5.75 Å². The van der Waals surface area contributed by atoms with Crippen molar-refractivity contribution in [2.75, 3.05) is 20.8 Å². The minimum Gasteiger partial charge on any atom is -0.493 e. The molecule has 8 heteroatoms. The van der Waals surface area contributed by atoms with Gasteiger partial charge in [0.2, 0.25) is 0 Å². The van der Waals surface area contributed by atoms with Gasteiger partial charge < -0.3 is 19.1 Å². The molecule has 0 unspecified atom stereocenters. The molecule has 0 atom stereocenters. The number of hydrogen-bond donors (Lipinski definition) is 0. The summed E-state index contributed by atoms with van der Waals surface area (Å²) in [5.41, 5.74) is 1.85. The summed E-state index contributed by atoms with van der Waals surface area (Å²) < 4.78 is 16.0. The van der Waals surface area contributed by atoms with Crippen LogP contribution in [-0.2, 0) is 11.3 Å². The number of carbonyl (C=O) groups excluding carboxylic acids is 1. The third-order valence-electron chi connectivity index (χ3n) is 4.15. The molecule has 1 aliphatic rings. The highest BCUT2D eigenvalue weighted by molar-refractivity contribution is 5.81. The van der Waals surface area contributed by atoms with E-state index in [1.165, 1.54) is 24.3 Å². The monoisotopic (exact) mass is 370 g/mol. The van der Waals surface area contributed by atoms with Gasteiger partial charge in [-0.25, -0.2) is 0 Å². The van der Waals surface area contributed by atoms with Crippen LogP contribution in [0.1, 0.15) is 11.1 Å². The summed E-state index contributed by atoms with van der Waals surface area (Å²) in [6.07, 6.45) is 3.51. The molecule has 2 aromatic rings. The Bertz CT molecular complexity index is 892. The van der Waals surface area contributed by atoms with Gasteiger partial charge in [-0.3, -0.25) is 14.9 Å². The number of ether oxygens (including phenoxy) is 3. The molecule has 0 fully saturated rings. The van der Waals surface area contributed by atoms with Gasteiger partial charge in [0, 0.05) is 18.3 Å². The van der Waals surface area contributed by atoms with Crippen molar-refractivity contribution in [3.05, 3.63) is 63.8 Å². The molecule has 0 N–H and O–H groups in total. The molecule has 0 bridgehead atoms. The lowest BCUT2D eigenvalue weighted by molar-refractivity contribution is -0.384. The molecule has 0 aliphatic carbocycles. The molecule has 1 amide bonds. The maximum atomic E-state index is 12.4. The predicted molar refractivity (Wildman–Crippen MR) is 97.7 cm³/mol. The van der Waals surface area contributed by atoms with E-state index in [0.29, 0.717) is 23.8 Å². The minimum absolute atomic E-state index is 0.0337. The largest absolute Gasteiger partial charge is 0.493 e. The molecule has 1 aliphatic heterocycles. The second-order valence-electron chi connectivity index (χ2n) is 5.78. The maximum absolute atomic E-state index is 12.4. The van der Waals surface area contributed by atoms with Crippen LogP contribution in [-0.4, -0.2) is 36.6 Å². The van der Waals surface area contributed by atoms with Gasteiger partial charge in [-0.15, -0.1) is 0 Å². The number of nitro benzene ring substituents is 1. The Balaban J connectivity index is 1.65. The quantitative estimate of drug-likeness (QED) is 0.573. The third kappa shape index (κ3) is 4.00. The fourth-order valence-electron chi connectivity index (χ4n) is 2.70. The van der Waals surface area contributed by atoms with Crippen LogP contribution in [0.15, 0.2) is 42.6 Å². The normalized spacial score (nSPS) is 12.3. The van der Waals surface area contributed by atoms with E-state index in [4.69, 9.17) is 14.2 Å². The van der Waals surface area contributed by atoms with Crippen LogP contribution in [0.5, 0.6) is 17.2 Å². The number of benzene rings is 2. The van der Waals surface area contributed by atoms with E-state index in [2.05, 4.69) is 0 Å². The van der Waals surface area contributed by atoms with Gasteiger partial charge in [0.05, 0.1) is 25.7 Å². The molecule has 27 heavy (non-hydrogen) atoms. The van der Waals surface area contributed by atoms with Gasteiger partial charge >= 0.3 is 0 Å². The molecule has 0 saturated carbocycles. The first-order valence-corrected chi connectivity index (χ1v) is 8.11. The predicted octanol–water partition coefficient (Wildman–Crippen LogP) is 3.00. The second kappa shape index (κ2) is 7.77. The van der Waals surface area contributed by atoms with Gasteiger partial charge in [0.25, 0.3) is 11.6 Å². The molecule has 1 heterocycles. The number of hydrogen-bond acceptors (Lipinski definition) is 6. The van der Waals surface area contributed by atoms with Crippen molar-refractivity contribution in [3.63, 3.8) is 0 Å². The number of carbonyl (C=O) groups is 1. The SMILES string of the molecule is COc1cc2c(cc1OC)CN(C(=O)COc1ccc([N+](=O)[O-])cc1)C=C2. The van der Waals surface area contributed by atoms with Crippen molar-refractivity contribution in [1.29, 1.82) is 0 Å². The Kier molecular flexibility index (Phi) is 5.25. The zero-order valence-electron chi connectivity index (χ0n) is 14.9. The van der Waals surface area contributed by atoms with Crippen LogP contribution < -0.4 is 14.2 Å². The Morgan fingerprint density at radius 2 is 1.81 bits per heavy atom. The molecule has 2 aromatic carbocycles. The molecule has 0 aromatic heterocycles. The number of fused-ring (bicyclic) bond motifs is 1. The summed E-state index contributed by atoms with van der Waals surface area (Å²) in [5.74, 6) is 1.38. The van der Waals surface area contributed by atoms with E-state index in [-0.39, 0.29) is 18.2 Å². The molecular weight excluding hydrogens is 352 g/mol. The highest BCUT2D eigenvalue weighted by Crippen LogP contribution is 2.33. The summed E-state index contributed by atoms with van der Waals surface area (Å²) in [6, 6.07) is 9.29. The average molecular weight is 370 g/mol. The fraction of sp³-hybridized carbons (Fsp3) is 0.211. The van der Waals surface area contributed by atoms with Gasteiger partial charge in [0.15, 0.2) is 18.1 Å². The minimum atomic E-state index is -0.492. The molecule has 3 rings (SSSR count). The van der Waals surface area contributed by atoms with E-state index in [0.717, 1.165) is 11.1 Å². The second-order valence-corrected chi connectivity index (χ2v) is 5.78.